The molecule has 64 valence electrons. The number of carbonyl (C=O) groups excluding carboxylic acids is 1. The highest BCUT2D eigenvalue weighted by molar-refractivity contribution is 7.12. The first-order chi connectivity index (χ1) is 5.61. The van der Waals surface area contributed by atoms with Crippen LogP contribution < -0.4 is 11.1 Å². The van der Waals surface area contributed by atoms with Crippen LogP contribution in [0, 0.1) is 0 Å². The lowest BCUT2D eigenvalue weighted by Gasteiger charge is -1.96. The number of imide groups is 1. The largest absolute Gasteiger partial charge is 0.465 e. The first kappa shape index (κ1) is 8.54. The minimum Gasteiger partial charge on any atom is -0.465 e. The van der Waals surface area contributed by atoms with Gasteiger partial charge in [-0.15, -0.1) is 11.3 Å². The number of thiophene rings is 1. The fraction of sp³-hybridized carbons (Fsp3) is 0. The van der Waals surface area contributed by atoms with Crippen LogP contribution in [0.2, 0.25) is 0 Å². The van der Waals surface area contributed by atoms with E-state index < -0.39 is 12.0 Å². The van der Waals surface area contributed by atoms with Crippen LogP contribution in [0.15, 0.2) is 11.4 Å². The summed E-state index contributed by atoms with van der Waals surface area (Å²) >= 11 is 1.10. The Morgan fingerprint density at radius 1 is 1.58 bits per heavy atom. The number of carbonyl (C=O) groups is 2. The Morgan fingerprint density at radius 2 is 2.25 bits per heavy atom. The van der Waals surface area contributed by atoms with Crippen LogP contribution in [0.25, 0.3) is 0 Å². The normalized spacial score (nSPS) is 9.33. The maximum absolute atomic E-state index is 11.0. The molecule has 1 aromatic heterocycles. The zero-order valence-corrected chi connectivity index (χ0v) is 6.72. The van der Waals surface area contributed by atoms with Gasteiger partial charge in [0.05, 0.1) is 5.69 Å². The molecule has 0 spiro atoms. The molecule has 2 amide bonds. The van der Waals surface area contributed by atoms with Crippen molar-refractivity contribution in [2.24, 2.45) is 0 Å². The Balaban J connectivity index is 2.78. The number of hydrogen-bond donors (Lipinski definition) is 3. The number of nitrogens with two attached hydrogens (primary N) is 1. The first-order valence-corrected chi connectivity index (χ1v) is 3.86. The van der Waals surface area contributed by atoms with Gasteiger partial charge in [0, 0.05) is 0 Å². The van der Waals surface area contributed by atoms with Gasteiger partial charge in [-0.05, 0) is 11.4 Å². The molecule has 0 radical (unpaired) electrons. The van der Waals surface area contributed by atoms with E-state index in [1.54, 1.807) is 16.8 Å². The fourth-order valence-corrected chi connectivity index (χ4v) is 1.37. The summed E-state index contributed by atoms with van der Waals surface area (Å²) in [5.41, 5.74) is 5.66. The summed E-state index contributed by atoms with van der Waals surface area (Å²) in [5, 5.41) is 11.5. The third kappa shape index (κ3) is 1.73. The molecule has 1 rings (SSSR count). The number of amides is 2. The molecule has 0 aliphatic carbocycles. The molecule has 6 heteroatoms. The van der Waals surface area contributed by atoms with Crippen molar-refractivity contribution in [3.8, 4) is 0 Å². The minimum absolute atomic E-state index is 0.220. The summed E-state index contributed by atoms with van der Waals surface area (Å²) in [6, 6.07) is 1.54. The third-order valence-corrected chi connectivity index (χ3v) is 2.05. The number of nitrogen functional groups attached to an aromatic ring is 1. The van der Waals surface area contributed by atoms with E-state index in [1.807, 2.05) is 0 Å². The molecule has 0 saturated heterocycles. The maximum atomic E-state index is 11.0. The second-order valence-corrected chi connectivity index (χ2v) is 2.88. The summed E-state index contributed by atoms with van der Waals surface area (Å²) in [6.07, 6.45) is -1.38. The van der Waals surface area contributed by atoms with E-state index in [9.17, 15) is 9.59 Å². The molecule has 0 saturated carbocycles. The van der Waals surface area contributed by atoms with Crippen LogP contribution in [-0.4, -0.2) is 17.1 Å². The Labute approximate surface area is 71.8 Å². The molecule has 0 bridgehead atoms. The van der Waals surface area contributed by atoms with Crippen molar-refractivity contribution in [1.29, 1.82) is 0 Å². The monoisotopic (exact) mass is 186 g/mol. The van der Waals surface area contributed by atoms with Crippen molar-refractivity contribution in [2.75, 3.05) is 5.73 Å². The van der Waals surface area contributed by atoms with Crippen LogP contribution in [0.5, 0.6) is 0 Å². The average Bonchev–Trinajstić information content (AvgIpc) is 2.33. The second-order valence-electron chi connectivity index (χ2n) is 1.96. The molecule has 0 aliphatic heterocycles. The zero-order valence-electron chi connectivity index (χ0n) is 5.90. The summed E-state index contributed by atoms with van der Waals surface area (Å²) in [6.45, 7) is 0. The van der Waals surface area contributed by atoms with Crippen LogP contribution in [-0.2, 0) is 0 Å². The lowest BCUT2D eigenvalue weighted by Crippen LogP contribution is -2.28. The Morgan fingerprint density at radius 3 is 2.67 bits per heavy atom. The van der Waals surface area contributed by atoms with Gasteiger partial charge in [0.15, 0.2) is 0 Å². The molecule has 1 heterocycles. The molecule has 0 fully saturated rings. The van der Waals surface area contributed by atoms with Gasteiger partial charge in [-0.25, -0.2) is 4.79 Å². The van der Waals surface area contributed by atoms with Crippen molar-refractivity contribution in [3.05, 3.63) is 16.3 Å². The highest BCUT2D eigenvalue weighted by atomic mass is 32.1. The molecule has 0 unspecified atom stereocenters. The van der Waals surface area contributed by atoms with E-state index in [2.05, 4.69) is 0 Å². The number of nitrogens with one attached hydrogen (secondary N) is 1. The van der Waals surface area contributed by atoms with E-state index in [0.717, 1.165) is 11.3 Å². The molecule has 0 aliphatic rings. The van der Waals surface area contributed by atoms with Crippen LogP contribution in [0.4, 0.5) is 10.5 Å². The lowest BCUT2D eigenvalue weighted by atomic mass is 10.4. The van der Waals surface area contributed by atoms with Gasteiger partial charge in [-0.1, -0.05) is 0 Å². The SMILES string of the molecule is Nc1ccsc1C(=O)NC(=O)O. The second kappa shape index (κ2) is 3.22. The van der Waals surface area contributed by atoms with Crippen molar-refractivity contribution in [2.45, 2.75) is 0 Å². The quantitative estimate of drug-likeness (QED) is 0.603. The summed E-state index contributed by atoms with van der Waals surface area (Å²) in [5.74, 6) is -0.685. The third-order valence-electron chi connectivity index (χ3n) is 1.12. The maximum Gasteiger partial charge on any atom is 0.411 e. The highest BCUT2D eigenvalue weighted by Crippen LogP contribution is 2.17. The van der Waals surface area contributed by atoms with Gasteiger partial charge in [0.25, 0.3) is 5.91 Å². The molecule has 12 heavy (non-hydrogen) atoms. The Hall–Kier alpha value is -1.56. The average molecular weight is 186 g/mol. The molecule has 0 atom stereocenters. The van der Waals surface area contributed by atoms with E-state index in [1.165, 1.54) is 0 Å². The number of rotatable bonds is 1. The molecule has 0 aromatic carbocycles. The summed E-state index contributed by atoms with van der Waals surface area (Å²) in [7, 11) is 0. The molecular weight excluding hydrogens is 180 g/mol. The topological polar surface area (TPSA) is 92.4 Å². The van der Waals surface area contributed by atoms with E-state index in [4.69, 9.17) is 10.8 Å². The molecular formula is C6H6N2O3S. The fourth-order valence-electron chi connectivity index (χ4n) is 0.658. The number of carboxylic acid groups (broad SMARTS) is 1. The minimum atomic E-state index is -1.38. The lowest BCUT2D eigenvalue weighted by molar-refractivity contribution is 0.0953. The molecule has 4 N–H and O–H groups in total. The van der Waals surface area contributed by atoms with Gasteiger partial charge in [0.1, 0.15) is 4.88 Å². The smallest absolute Gasteiger partial charge is 0.411 e. The van der Waals surface area contributed by atoms with Gasteiger partial charge < -0.3 is 10.8 Å². The van der Waals surface area contributed by atoms with E-state index >= 15 is 0 Å². The van der Waals surface area contributed by atoms with Gasteiger partial charge >= 0.3 is 6.09 Å². The van der Waals surface area contributed by atoms with Crippen molar-refractivity contribution < 1.29 is 14.7 Å². The predicted molar refractivity (Wildman–Crippen MR) is 44.2 cm³/mol. The molecule has 1 aromatic rings. The van der Waals surface area contributed by atoms with Crippen LogP contribution >= 0.6 is 11.3 Å². The Kier molecular flexibility index (Phi) is 2.29. The Bertz CT molecular complexity index is 320. The zero-order chi connectivity index (χ0) is 9.14. The highest BCUT2D eigenvalue weighted by Gasteiger charge is 2.12. The van der Waals surface area contributed by atoms with Crippen molar-refractivity contribution in [1.82, 2.24) is 5.32 Å². The summed E-state index contributed by atoms with van der Waals surface area (Å²) < 4.78 is 0. The summed E-state index contributed by atoms with van der Waals surface area (Å²) in [4.78, 5) is 21.2. The van der Waals surface area contributed by atoms with Crippen LogP contribution in [0.3, 0.4) is 0 Å². The number of hydrogen-bond acceptors (Lipinski definition) is 4. The standard InChI is InChI=1S/C6H6N2O3S/c7-3-1-2-12-4(3)5(9)8-6(10)11/h1-2H,7H2,(H,8,9)(H,10,11). The predicted octanol–water partition coefficient (Wildman–Crippen LogP) is 0.738. The van der Waals surface area contributed by atoms with Gasteiger partial charge in [-0.3, -0.25) is 10.1 Å². The van der Waals surface area contributed by atoms with Crippen LogP contribution in [0.1, 0.15) is 9.67 Å². The number of anilines is 1. The van der Waals surface area contributed by atoms with Gasteiger partial charge in [0.2, 0.25) is 0 Å². The van der Waals surface area contributed by atoms with E-state index in [0.29, 0.717) is 5.69 Å². The van der Waals surface area contributed by atoms with E-state index in [-0.39, 0.29) is 4.88 Å². The van der Waals surface area contributed by atoms with Crippen molar-refractivity contribution in [3.63, 3.8) is 0 Å². The first-order valence-electron chi connectivity index (χ1n) is 2.98. The molecule has 5 nitrogen and oxygen atoms in total. The van der Waals surface area contributed by atoms with Gasteiger partial charge in [-0.2, -0.15) is 0 Å². The van der Waals surface area contributed by atoms with Crippen molar-refractivity contribution >= 4 is 29.0 Å².